The van der Waals surface area contributed by atoms with Crippen LogP contribution in [0.1, 0.15) is 0 Å². The molecule has 0 atom stereocenters. The van der Waals surface area contributed by atoms with E-state index in [0.29, 0.717) is 0 Å². The zero-order valence-electron chi connectivity index (χ0n) is 2.55. The van der Waals surface area contributed by atoms with Crippen molar-refractivity contribution in [1.29, 1.82) is 4.78 Å². The molecule has 3 nitrogen and oxygen atoms in total. The van der Waals surface area contributed by atoms with Crippen LogP contribution in [0.4, 0.5) is 3.89 Å². The average molecular weight is 131 g/mol. The smallest absolute Gasteiger partial charge is 0.266 e. The molecule has 0 radical (unpaired) electrons. The van der Waals surface area contributed by atoms with E-state index in [9.17, 15) is 3.89 Å². The van der Waals surface area contributed by atoms with E-state index in [-0.39, 0.29) is 0 Å². The molecular weight excluding hydrogens is 129 g/mol. The van der Waals surface area contributed by atoms with Gasteiger partial charge >= 0.3 is 9.26 Å². The highest BCUT2D eigenvalue weighted by Crippen LogP contribution is 1.83. The first kappa shape index (κ1) is 6.03. The van der Waals surface area contributed by atoms with Crippen molar-refractivity contribution in [2.75, 3.05) is 0 Å². The lowest BCUT2D eigenvalue weighted by atomic mass is 14.0. The molecule has 0 saturated heterocycles. The van der Waals surface area contributed by atoms with Gasteiger partial charge in [0.1, 0.15) is 0 Å². The second kappa shape index (κ2) is 1.65. The monoisotopic (exact) mass is 131 g/mol. The minimum Gasteiger partial charge on any atom is -0.266 e. The fraction of sp³-hybridized carbons (Fsp3) is 0. The predicted molar refractivity (Wildman–Crippen MR) is 21.5 cm³/mol. The van der Waals surface area contributed by atoms with Gasteiger partial charge in [-0.15, -0.1) is 0 Å². The van der Waals surface area contributed by atoms with Crippen molar-refractivity contribution in [2.24, 2.45) is 0 Å². The lowest BCUT2D eigenvalue weighted by Crippen LogP contribution is -1.79. The molecule has 0 spiro atoms. The topological polar surface area (TPSA) is 58.0 Å². The molecule has 0 heterocycles. The summed E-state index contributed by atoms with van der Waals surface area (Å²) in [6, 6.07) is 0. The Labute approximate surface area is 37.7 Å². The van der Waals surface area contributed by atoms with Gasteiger partial charge in [0.15, 0.2) is 0 Å². The van der Waals surface area contributed by atoms with Gasteiger partial charge in [0, 0.05) is 10.6 Å². The van der Waals surface area contributed by atoms with Gasteiger partial charge in [-0.05, 0) is 0 Å². The first-order valence-electron chi connectivity index (χ1n) is 0.894. The molecule has 6 heteroatoms. The van der Waals surface area contributed by atoms with Crippen molar-refractivity contribution in [1.82, 2.24) is 0 Å². The number of halogens is 1. The van der Waals surface area contributed by atoms with Crippen molar-refractivity contribution in [2.45, 2.75) is 0 Å². The number of nitrogens with one attached hydrogen (secondary N) is 1. The number of hydrogen-bond donors (Lipinski definition) is 2. The summed E-state index contributed by atoms with van der Waals surface area (Å²) in [5.74, 6) is 0. The van der Waals surface area contributed by atoms with Gasteiger partial charge in [-0.3, -0.25) is 4.78 Å². The first-order valence-corrected chi connectivity index (χ1v) is 3.78. The lowest BCUT2D eigenvalue weighted by molar-refractivity contribution is 0.570. The maximum Gasteiger partial charge on any atom is 0.364 e. The van der Waals surface area contributed by atoms with E-state index in [4.69, 9.17) is 13.2 Å². The summed E-state index contributed by atoms with van der Waals surface area (Å²) >= 11 is 0. The Balaban J connectivity index is 4.25. The fourth-order valence-corrected chi connectivity index (χ4v) is 0. The van der Waals surface area contributed by atoms with E-state index >= 15 is 0 Å². The zero-order chi connectivity index (χ0) is 5.21. The molecule has 1 N–H and O–H groups in total. The van der Waals surface area contributed by atoms with Gasteiger partial charge in [-0.2, -0.15) is 8.42 Å². The van der Waals surface area contributed by atoms with Gasteiger partial charge < -0.3 is 0 Å². The van der Waals surface area contributed by atoms with Crippen LogP contribution in [0.25, 0.3) is 0 Å². The van der Waals surface area contributed by atoms with E-state index < -0.39 is 19.8 Å². The Hall–Kier alpha value is 0.0300. The standard InChI is InChI=1S/FH2NO2S2/c1-6(3,4)5-2/h2,5H. The highest BCUT2D eigenvalue weighted by molar-refractivity contribution is 8.54. The third kappa shape index (κ3) is 4.03. The molecule has 38 valence electrons. The van der Waals surface area contributed by atoms with Crippen LogP contribution < -0.4 is 0 Å². The fourth-order valence-electron chi connectivity index (χ4n) is 0. The van der Waals surface area contributed by atoms with Gasteiger partial charge in [-0.25, -0.2) is 0 Å². The number of rotatable bonds is 1. The van der Waals surface area contributed by atoms with Crippen molar-refractivity contribution in [3.05, 3.63) is 0 Å². The van der Waals surface area contributed by atoms with E-state index in [1.165, 1.54) is 0 Å². The van der Waals surface area contributed by atoms with Gasteiger partial charge in [0.25, 0.3) is 0 Å². The van der Waals surface area contributed by atoms with Crippen LogP contribution in [-0.2, 0) is 19.8 Å². The van der Waals surface area contributed by atoms with E-state index in [2.05, 4.69) is 0 Å². The molecule has 0 fully saturated rings. The van der Waals surface area contributed by atoms with E-state index in [1.54, 1.807) is 0 Å². The van der Waals surface area contributed by atoms with Crippen LogP contribution in [-0.4, -0.2) is 8.42 Å². The third-order valence-electron chi connectivity index (χ3n) is 0.109. The highest BCUT2D eigenvalue weighted by Gasteiger charge is 1.93. The number of hydrogen-bond acceptors (Lipinski definition) is 3. The molecule has 6 heavy (non-hydrogen) atoms. The first-order chi connectivity index (χ1) is 2.56. The molecule has 0 aromatic carbocycles. The molecule has 0 aliphatic carbocycles. The summed E-state index contributed by atoms with van der Waals surface area (Å²) in [5, 5.41) is 0. The Morgan fingerprint density at radius 2 is 1.83 bits per heavy atom. The van der Waals surface area contributed by atoms with Crippen molar-refractivity contribution in [3.8, 4) is 0 Å². The van der Waals surface area contributed by atoms with Crippen LogP contribution >= 0.6 is 0 Å². The maximum atomic E-state index is 10.9. The summed E-state index contributed by atoms with van der Waals surface area (Å²) in [7, 11) is -5.49. The largest absolute Gasteiger partial charge is 0.364 e. The molecule has 0 unspecified atom stereocenters. The normalized spacial score (nSPS) is 11.5. The maximum absolute atomic E-state index is 10.9. The van der Waals surface area contributed by atoms with Crippen LogP contribution in [0.15, 0.2) is 0 Å². The van der Waals surface area contributed by atoms with Gasteiger partial charge in [0.05, 0.1) is 0 Å². The molecule has 0 aromatic rings. The van der Waals surface area contributed by atoms with E-state index in [0.717, 1.165) is 0 Å². The van der Waals surface area contributed by atoms with Crippen LogP contribution in [0, 0.1) is 4.78 Å². The third-order valence-corrected chi connectivity index (χ3v) is 0.981. The Kier molecular flexibility index (Phi) is 1.66. The summed E-state index contributed by atoms with van der Waals surface area (Å²) < 4.78 is 35.0. The minimum absolute atomic E-state index is 0.970. The Bertz CT molecular complexity index is 122. The Morgan fingerprint density at radius 1 is 1.67 bits per heavy atom. The summed E-state index contributed by atoms with van der Waals surface area (Å²) in [6.45, 7) is 0. The van der Waals surface area contributed by atoms with Crippen LogP contribution in [0.5, 0.6) is 0 Å². The van der Waals surface area contributed by atoms with Crippen LogP contribution in [0.3, 0.4) is 0 Å². The quantitative estimate of drug-likeness (QED) is 0.293. The molecule has 0 saturated carbocycles. The molecule has 0 aliphatic heterocycles. The second-order valence-corrected chi connectivity index (χ2v) is 3.37. The molecule has 0 aliphatic rings. The second-order valence-electron chi connectivity index (χ2n) is 0.503. The lowest BCUT2D eigenvalue weighted by Gasteiger charge is -1.68. The molecule has 0 bridgehead atoms. The highest BCUT2D eigenvalue weighted by atomic mass is 33.1. The molecule has 0 rings (SSSR count). The number of thiol groups is 1. The summed E-state index contributed by atoms with van der Waals surface area (Å²) in [4.78, 5) is 0. The van der Waals surface area contributed by atoms with Crippen molar-refractivity contribution >= 4 is 19.8 Å². The van der Waals surface area contributed by atoms with Crippen molar-refractivity contribution < 1.29 is 12.3 Å². The van der Waals surface area contributed by atoms with Crippen LogP contribution in [0.2, 0.25) is 0 Å². The zero-order valence-corrected chi connectivity index (χ0v) is 4.26. The predicted octanol–water partition coefficient (Wildman–Crippen LogP) is -0.222. The summed E-state index contributed by atoms with van der Waals surface area (Å²) in [6.07, 6.45) is 0. The summed E-state index contributed by atoms with van der Waals surface area (Å²) in [5.41, 5.74) is 0. The van der Waals surface area contributed by atoms with Gasteiger partial charge in [0.2, 0.25) is 0 Å². The average Bonchev–Trinajstić information content (AvgIpc) is 1.35. The SMILES string of the molecule is N=[SH]S(=O)(=O)F. The van der Waals surface area contributed by atoms with Crippen molar-refractivity contribution in [3.63, 3.8) is 0 Å². The Morgan fingerprint density at radius 3 is 1.83 bits per heavy atom. The molecule has 0 aromatic heterocycles. The molecular formula is H2FNO2S2. The minimum atomic E-state index is -4.52. The molecule has 0 amide bonds. The van der Waals surface area contributed by atoms with E-state index in [1.807, 2.05) is 0 Å². The van der Waals surface area contributed by atoms with Gasteiger partial charge in [-0.1, -0.05) is 3.89 Å².